The van der Waals surface area contributed by atoms with Gasteiger partial charge in [-0.05, 0) is 97.6 Å². The molecule has 1 fully saturated rings. The molecule has 0 bridgehead atoms. The Morgan fingerprint density at radius 3 is 2.51 bits per heavy atom. The fraction of sp³-hybridized carbons (Fsp3) is 0.306. The molecule has 0 unspecified atom stereocenters. The van der Waals surface area contributed by atoms with Gasteiger partial charge in [-0.25, -0.2) is 0 Å². The van der Waals surface area contributed by atoms with Gasteiger partial charge in [-0.15, -0.1) is 0 Å². The Bertz CT molecular complexity index is 1660. The van der Waals surface area contributed by atoms with E-state index in [-0.39, 0.29) is 11.8 Å². The molecule has 1 aromatic heterocycles. The lowest BCUT2D eigenvalue weighted by atomic mass is 9.89. The van der Waals surface area contributed by atoms with Gasteiger partial charge in [0.05, 0.1) is 5.52 Å². The zero-order chi connectivity index (χ0) is 28.3. The topological polar surface area (TPSA) is 48.1 Å². The Hall–Kier alpha value is -3.41. The summed E-state index contributed by atoms with van der Waals surface area (Å²) < 4.78 is 1.10. The third kappa shape index (κ3) is 6.12. The van der Waals surface area contributed by atoms with Crippen molar-refractivity contribution in [3.8, 4) is 11.3 Å². The summed E-state index contributed by atoms with van der Waals surface area (Å²) in [6.45, 7) is 7.20. The summed E-state index contributed by atoms with van der Waals surface area (Å²) in [6.07, 6.45) is 4.49. The first-order valence-corrected chi connectivity index (χ1v) is 15.7. The molecule has 1 amide bonds. The molecule has 2 heterocycles. The number of piperidine rings is 1. The minimum Gasteiger partial charge on any atom is -0.354 e. The standard InChI is InChI=1S/C36H38BrN3O/c1-24(2)36(41)38-30-9-5-8-28(23-30)25-18-21-40(22-19-25)20-6-11-32-33-17-14-26-7-3-4-10-31(26)35(33)39-34(32)27-12-15-29(37)16-13-27/h3-5,7-10,12-17,23-25,39H,6,11,18-22H2,1-2H3,(H,38,41). The number of aromatic nitrogens is 1. The maximum atomic E-state index is 12.2. The molecular weight excluding hydrogens is 570 g/mol. The van der Waals surface area contributed by atoms with Crippen LogP contribution >= 0.6 is 15.9 Å². The van der Waals surface area contributed by atoms with Crippen LogP contribution in [-0.2, 0) is 11.2 Å². The number of carbonyl (C=O) groups excluding carboxylic acids is 1. The van der Waals surface area contributed by atoms with Gasteiger partial charge in [0, 0.05) is 32.5 Å². The lowest BCUT2D eigenvalue weighted by Gasteiger charge is -2.32. The van der Waals surface area contributed by atoms with E-state index in [9.17, 15) is 4.79 Å². The van der Waals surface area contributed by atoms with Gasteiger partial charge in [0.15, 0.2) is 0 Å². The number of H-pyrrole nitrogens is 1. The second kappa shape index (κ2) is 12.2. The predicted octanol–water partition coefficient (Wildman–Crippen LogP) is 9.16. The van der Waals surface area contributed by atoms with Crippen molar-refractivity contribution in [3.63, 3.8) is 0 Å². The van der Waals surface area contributed by atoms with Crippen LogP contribution in [-0.4, -0.2) is 35.4 Å². The molecule has 6 rings (SSSR count). The zero-order valence-corrected chi connectivity index (χ0v) is 25.5. The molecule has 0 atom stereocenters. The molecule has 2 N–H and O–H groups in total. The normalized spacial score (nSPS) is 14.7. The molecule has 4 aromatic carbocycles. The van der Waals surface area contributed by atoms with Crippen molar-refractivity contribution in [1.82, 2.24) is 9.88 Å². The van der Waals surface area contributed by atoms with Crippen LogP contribution < -0.4 is 5.32 Å². The maximum absolute atomic E-state index is 12.2. The monoisotopic (exact) mass is 607 g/mol. The van der Waals surface area contributed by atoms with Crippen LogP contribution in [0.3, 0.4) is 0 Å². The zero-order valence-electron chi connectivity index (χ0n) is 23.9. The Balaban J connectivity index is 1.13. The maximum Gasteiger partial charge on any atom is 0.226 e. The van der Waals surface area contributed by atoms with Crippen LogP contribution in [0.1, 0.15) is 50.2 Å². The molecule has 0 spiro atoms. The molecule has 210 valence electrons. The number of nitrogens with zero attached hydrogens (tertiary/aromatic N) is 1. The Morgan fingerprint density at radius 2 is 1.73 bits per heavy atom. The molecule has 1 aliphatic heterocycles. The number of hydrogen-bond donors (Lipinski definition) is 2. The van der Waals surface area contributed by atoms with E-state index in [1.54, 1.807) is 0 Å². The van der Waals surface area contributed by atoms with Crippen LogP contribution in [0.4, 0.5) is 5.69 Å². The third-order valence-corrected chi connectivity index (χ3v) is 9.11. The average Bonchev–Trinajstić information content (AvgIpc) is 3.37. The van der Waals surface area contributed by atoms with Crippen LogP contribution in [0, 0.1) is 5.92 Å². The van der Waals surface area contributed by atoms with Crippen LogP contribution in [0.5, 0.6) is 0 Å². The van der Waals surface area contributed by atoms with E-state index in [0.29, 0.717) is 5.92 Å². The Morgan fingerprint density at radius 1 is 0.951 bits per heavy atom. The van der Waals surface area contributed by atoms with Gasteiger partial charge in [-0.3, -0.25) is 4.79 Å². The van der Waals surface area contributed by atoms with Gasteiger partial charge in [0.2, 0.25) is 5.91 Å². The van der Waals surface area contributed by atoms with Crippen molar-refractivity contribution in [1.29, 1.82) is 0 Å². The van der Waals surface area contributed by atoms with E-state index in [2.05, 4.69) is 110 Å². The largest absolute Gasteiger partial charge is 0.354 e. The van der Waals surface area contributed by atoms with Gasteiger partial charge in [-0.2, -0.15) is 0 Å². The number of fused-ring (bicyclic) bond motifs is 3. The number of likely N-dealkylation sites (tertiary alicyclic amines) is 1. The summed E-state index contributed by atoms with van der Waals surface area (Å²) in [5, 5.41) is 6.95. The molecule has 5 heteroatoms. The lowest BCUT2D eigenvalue weighted by Crippen LogP contribution is -2.33. The van der Waals surface area contributed by atoms with E-state index in [4.69, 9.17) is 0 Å². The number of carbonyl (C=O) groups is 1. The van der Waals surface area contributed by atoms with E-state index in [1.807, 2.05) is 19.9 Å². The molecule has 5 aromatic rings. The van der Waals surface area contributed by atoms with Crippen LogP contribution in [0.2, 0.25) is 0 Å². The number of benzene rings is 4. The molecule has 0 radical (unpaired) electrons. The van der Waals surface area contributed by atoms with E-state index >= 15 is 0 Å². The SMILES string of the molecule is CC(C)C(=O)Nc1cccc(C2CCN(CCCc3c(-c4ccc(Br)cc4)[nH]c4c3ccc3ccccc34)CC2)c1. The second-order valence-corrected chi connectivity index (χ2v) is 12.6. The lowest BCUT2D eigenvalue weighted by molar-refractivity contribution is -0.118. The van der Waals surface area contributed by atoms with E-state index in [1.165, 1.54) is 44.1 Å². The van der Waals surface area contributed by atoms with Crippen molar-refractivity contribution < 1.29 is 4.79 Å². The Kier molecular flexibility index (Phi) is 8.27. The number of halogens is 1. The number of rotatable bonds is 8. The average molecular weight is 609 g/mol. The number of aryl methyl sites for hydroxylation is 1. The van der Waals surface area contributed by atoms with Crippen molar-refractivity contribution >= 4 is 49.2 Å². The minimum absolute atomic E-state index is 0.0172. The molecular formula is C36H38BrN3O. The summed E-state index contributed by atoms with van der Waals surface area (Å²) in [4.78, 5) is 18.6. The van der Waals surface area contributed by atoms with Gasteiger partial charge in [-0.1, -0.05) is 90.4 Å². The van der Waals surface area contributed by atoms with Gasteiger partial charge in [0.25, 0.3) is 0 Å². The third-order valence-electron chi connectivity index (χ3n) is 8.58. The fourth-order valence-electron chi connectivity index (χ4n) is 6.24. The highest BCUT2D eigenvalue weighted by atomic mass is 79.9. The van der Waals surface area contributed by atoms with Gasteiger partial charge >= 0.3 is 0 Å². The molecule has 0 saturated carbocycles. The highest BCUT2D eigenvalue weighted by Crippen LogP contribution is 2.36. The first-order chi connectivity index (χ1) is 20.0. The summed E-state index contributed by atoms with van der Waals surface area (Å²) in [7, 11) is 0. The summed E-state index contributed by atoms with van der Waals surface area (Å²) in [5.74, 6) is 0.605. The van der Waals surface area contributed by atoms with E-state index < -0.39 is 0 Å². The predicted molar refractivity (Wildman–Crippen MR) is 176 cm³/mol. The number of anilines is 1. The summed E-state index contributed by atoms with van der Waals surface area (Å²) in [5.41, 5.74) is 7.39. The summed E-state index contributed by atoms with van der Waals surface area (Å²) >= 11 is 3.59. The highest BCUT2D eigenvalue weighted by molar-refractivity contribution is 9.10. The molecule has 1 aliphatic rings. The number of hydrogen-bond acceptors (Lipinski definition) is 2. The number of amides is 1. The molecule has 0 aliphatic carbocycles. The van der Waals surface area contributed by atoms with Crippen molar-refractivity contribution in [2.45, 2.75) is 45.4 Å². The van der Waals surface area contributed by atoms with Crippen molar-refractivity contribution in [2.75, 3.05) is 25.0 Å². The first kappa shape index (κ1) is 27.7. The van der Waals surface area contributed by atoms with Crippen LogP contribution in [0.25, 0.3) is 32.9 Å². The van der Waals surface area contributed by atoms with Crippen LogP contribution in [0.15, 0.2) is 89.4 Å². The van der Waals surface area contributed by atoms with E-state index in [0.717, 1.165) is 55.5 Å². The fourth-order valence-corrected chi connectivity index (χ4v) is 6.51. The molecule has 4 nitrogen and oxygen atoms in total. The molecule has 41 heavy (non-hydrogen) atoms. The first-order valence-electron chi connectivity index (χ1n) is 14.9. The number of aromatic amines is 1. The van der Waals surface area contributed by atoms with Crippen molar-refractivity contribution in [2.24, 2.45) is 5.92 Å². The summed E-state index contributed by atoms with van der Waals surface area (Å²) in [6, 6.07) is 30.3. The Labute approximate surface area is 251 Å². The second-order valence-electron chi connectivity index (χ2n) is 11.7. The minimum atomic E-state index is -0.0172. The quantitative estimate of drug-likeness (QED) is 0.185. The van der Waals surface area contributed by atoms with Gasteiger partial charge in [0.1, 0.15) is 0 Å². The molecule has 1 saturated heterocycles. The highest BCUT2D eigenvalue weighted by Gasteiger charge is 2.22. The smallest absolute Gasteiger partial charge is 0.226 e. The van der Waals surface area contributed by atoms with Crippen molar-refractivity contribution in [3.05, 3.63) is 101 Å². The van der Waals surface area contributed by atoms with Gasteiger partial charge < -0.3 is 15.2 Å². The number of nitrogens with one attached hydrogen (secondary N) is 2.